The molecule has 2 aliphatic rings. The summed E-state index contributed by atoms with van der Waals surface area (Å²) in [4.78, 5) is 16.5. The van der Waals surface area contributed by atoms with Crippen molar-refractivity contribution in [1.29, 1.82) is 0 Å². The predicted molar refractivity (Wildman–Crippen MR) is 82.7 cm³/mol. The van der Waals surface area contributed by atoms with Crippen molar-refractivity contribution in [3.63, 3.8) is 0 Å². The normalized spacial score (nSPS) is 21.0. The molecular formula is C16H20ClFN2O2. The fraction of sp³-hybridized carbons (Fsp3) is 0.562. The van der Waals surface area contributed by atoms with Gasteiger partial charge in [-0.15, -0.1) is 0 Å². The van der Waals surface area contributed by atoms with E-state index in [2.05, 4.69) is 4.90 Å². The first-order chi connectivity index (χ1) is 10.5. The molecule has 0 radical (unpaired) electrons. The van der Waals surface area contributed by atoms with Gasteiger partial charge in [-0.05, 0) is 31.4 Å². The summed E-state index contributed by atoms with van der Waals surface area (Å²) in [5.74, 6) is -0.887. The number of rotatable bonds is 2. The van der Waals surface area contributed by atoms with Gasteiger partial charge in [0.25, 0.3) is 5.91 Å². The van der Waals surface area contributed by atoms with Crippen LogP contribution in [0.4, 0.5) is 4.39 Å². The van der Waals surface area contributed by atoms with Gasteiger partial charge in [0.2, 0.25) is 0 Å². The SMILES string of the molecule is Cc1ccc(F)c(C(=O)N2CCC(N3CC(O)C3)CC2)c1Cl. The second-order valence-electron chi connectivity index (χ2n) is 6.18. The van der Waals surface area contributed by atoms with Gasteiger partial charge in [-0.25, -0.2) is 4.39 Å². The number of amides is 1. The molecule has 0 saturated carbocycles. The van der Waals surface area contributed by atoms with Crippen LogP contribution in [0.1, 0.15) is 28.8 Å². The maximum atomic E-state index is 14.0. The van der Waals surface area contributed by atoms with E-state index in [0.29, 0.717) is 24.7 Å². The van der Waals surface area contributed by atoms with E-state index in [1.54, 1.807) is 17.9 Å². The molecule has 0 aromatic heterocycles. The fourth-order valence-electron chi connectivity index (χ4n) is 3.23. The van der Waals surface area contributed by atoms with E-state index < -0.39 is 5.82 Å². The molecule has 22 heavy (non-hydrogen) atoms. The number of halogens is 2. The molecule has 120 valence electrons. The van der Waals surface area contributed by atoms with E-state index in [1.165, 1.54) is 6.07 Å². The van der Waals surface area contributed by atoms with Gasteiger partial charge in [-0.2, -0.15) is 0 Å². The molecule has 3 rings (SSSR count). The third-order valence-electron chi connectivity index (χ3n) is 4.66. The molecule has 1 aromatic carbocycles. The van der Waals surface area contributed by atoms with Gasteiger partial charge in [0.05, 0.1) is 16.7 Å². The molecule has 2 saturated heterocycles. The second kappa shape index (κ2) is 6.14. The molecule has 0 aliphatic carbocycles. The Bertz CT molecular complexity index is 582. The lowest BCUT2D eigenvalue weighted by molar-refractivity contribution is -0.0381. The Hall–Kier alpha value is -1.17. The molecule has 1 aromatic rings. The van der Waals surface area contributed by atoms with E-state index in [0.717, 1.165) is 25.9 Å². The van der Waals surface area contributed by atoms with E-state index in [4.69, 9.17) is 11.6 Å². The highest BCUT2D eigenvalue weighted by Crippen LogP contribution is 2.27. The van der Waals surface area contributed by atoms with Gasteiger partial charge in [0.15, 0.2) is 0 Å². The molecule has 1 N–H and O–H groups in total. The zero-order chi connectivity index (χ0) is 15.9. The van der Waals surface area contributed by atoms with Crippen molar-refractivity contribution in [2.24, 2.45) is 0 Å². The summed E-state index contributed by atoms with van der Waals surface area (Å²) in [6.07, 6.45) is 1.49. The van der Waals surface area contributed by atoms with Gasteiger partial charge in [0.1, 0.15) is 5.82 Å². The molecule has 2 fully saturated rings. The number of nitrogens with zero attached hydrogens (tertiary/aromatic N) is 2. The number of carbonyl (C=O) groups excluding carboxylic acids is 1. The highest BCUT2D eigenvalue weighted by atomic mass is 35.5. The quantitative estimate of drug-likeness (QED) is 0.905. The Morgan fingerprint density at radius 1 is 1.32 bits per heavy atom. The number of aliphatic hydroxyl groups is 1. The minimum atomic E-state index is -0.561. The molecular weight excluding hydrogens is 307 g/mol. The van der Waals surface area contributed by atoms with Crippen LogP contribution in [0.25, 0.3) is 0 Å². The van der Waals surface area contributed by atoms with Gasteiger partial charge >= 0.3 is 0 Å². The number of piperidine rings is 1. The van der Waals surface area contributed by atoms with E-state index >= 15 is 0 Å². The summed E-state index contributed by atoms with van der Waals surface area (Å²) >= 11 is 6.12. The molecule has 0 bridgehead atoms. The highest BCUT2D eigenvalue weighted by Gasteiger charge is 2.34. The largest absolute Gasteiger partial charge is 0.390 e. The summed E-state index contributed by atoms with van der Waals surface area (Å²) in [7, 11) is 0. The molecule has 0 unspecified atom stereocenters. The van der Waals surface area contributed by atoms with Crippen LogP contribution in [-0.2, 0) is 0 Å². The number of carbonyl (C=O) groups is 1. The van der Waals surface area contributed by atoms with E-state index in [1.807, 2.05) is 0 Å². The zero-order valence-electron chi connectivity index (χ0n) is 12.6. The maximum Gasteiger partial charge on any atom is 0.258 e. The standard InChI is InChI=1S/C16H20ClFN2O2/c1-10-2-3-13(18)14(15(10)17)16(22)19-6-4-11(5-7-19)20-8-12(21)9-20/h2-3,11-12,21H,4-9H2,1H3. The summed E-state index contributed by atoms with van der Waals surface area (Å²) in [5.41, 5.74) is 0.690. The lowest BCUT2D eigenvalue weighted by Gasteiger charge is -2.45. The minimum Gasteiger partial charge on any atom is -0.390 e. The van der Waals surface area contributed by atoms with Gasteiger partial charge in [-0.1, -0.05) is 17.7 Å². The van der Waals surface area contributed by atoms with E-state index in [9.17, 15) is 14.3 Å². The summed E-state index contributed by atoms with van der Waals surface area (Å²) in [6.45, 7) is 4.40. The van der Waals surface area contributed by atoms with Crippen LogP contribution in [0.5, 0.6) is 0 Å². The van der Waals surface area contributed by atoms with Crippen molar-refractivity contribution < 1.29 is 14.3 Å². The number of aliphatic hydroxyl groups excluding tert-OH is 1. The maximum absolute atomic E-state index is 14.0. The third kappa shape index (κ3) is 2.85. The first-order valence-electron chi connectivity index (χ1n) is 7.63. The summed E-state index contributed by atoms with van der Waals surface area (Å²) in [5, 5.41) is 9.57. The first kappa shape index (κ1) is 15.7. The first-order valence-corrected chi connectivity index (χ1v) is 8.01. The van der Waals surface area contributed by atoms with Gasteiger partial charge in [0, 0.05) is 32.2 Å². The van der Waals surface area contributed by atoms with Crippen LogP contribution >= 0.6 is 11.6 Å². The average Bonchev–Trinajstić information content (AvgIpc) is 2.48. The Morgan fingerprint density at radius 3 is 2.55 bits per heavy atom. The number of β-amino-alcohol motifs (C(OH)–C–C–N with tert-alkyl or cyclic N) is 1. The van der Waals surface area contributed by atoms with Crippen molar-refractivity contribution in [1.82, 2.24) is 9.80 Å². The average molecular weight is 327 g/mol. The number of hydrogen-bond acceptors (Lipinski definition) is 3. The number of hydrogen-bond donors (Lipinski definition) is 1. The molecule has 1 amide bonds. The second-order valence-corrected chi connectivity index (χ2v) is 6.56. The summed E-state index contributed by atoms with van der Waals surface area (Å²) in [6, 6.07) is 3.28. The Morgan fingerprint density at radius 2 is 1.95 bits per heavy atom. The summed E-state index contributed by atoms with van der Waals surface area (Å²) < 4.78 is 14.0. The van der Waals surface area contributed by atoms with Crippen LogP contribution in [0, 0.1) is 12.7 Å². The monoisotopic (exact) mass is 326 g/mol. The predicted octanol–water partition coefficient (Wildman–Crippen LogP) is 2.07. The van der Waals surface area contributed by atoms with Crippen molar-refractivity contribution >= 4 is 17.5 Å². The van der Waals surface area contributed by atoms with Crippen LogP contribution in [-0.4, -0.2) is 59.1 Å². The minimum absolute atomic E-state index is 0.0144. The Balaban J connectivity index is 1.66. The lowest BCUT2D eigenvalue weighted by atomic mass is 9.98. The Kier molecular flexibility index (Phi) is 4.39. The van der Waals surface area contributed by atoms with Gasteiger partial charge in [-0.3, -0.25) is 9.69 Å². The third-order valence-corrected chi connectivity index (χ3v) is 5.14. The Labute approximate surface area is 134 Å². The molecule has 0 atom stereocenters. The van der Waals surface area contributed by atoms with Crippen LogP contribution in [0.3, 0.4) is 0 Å². The van der Waals surface area contributed by atoms with Crippen molar-refractivity contribution in [2.45, 2.75) is 31.9 Å². The highest BCUT2D eigenvalue weighted by molar-refractivity contribution is 6.34. The molecule has 0 spiro atoms. The lowest BCUT2D eigenvalue weighted by Crippen LogP contribution is -2.58. The van der Waals surface area contributed by atoms with Crippen LogP contribution in [0.2, 0.25) is 5.02 Å². The molecule has 2 aliphatic heterocycles. The molecule has 4 nitrogen and oxygen atoms in total. The fourth-order valence-corrected chi connectivity index (χ4v) is 3.47. The number of benzene rings is 1. The van der Waals surface area contributed by atoms with Crippen molar-refractivity contribution in [3.8, 4) is 0 Å². The number of likely N-dealkylation sites (tertiary alicyclic amines) is 2. The van der Waals surface area contributed by atoms with Crippen molar-refractivity contribution in [2.75, 3.05) is 26.2 Å². The van der Waals surface area contributed by atoms with Crippen molar-refractivity contribution in [3.05, 3.63) is 34.1 Å². The van der Waals surface area contributed by atoms with Crippen LogP contribution in [0.15, 0.2) is 12.1 Å². The molecule has 6 heteroatoms. The zero-order valence-corrected chi connectivity index (χ0v) is 13.3. The molecule has 2 heterocycles. The topological polar surface area (TPSA) is 43.8 Å². The van der Waals surface area contributed by atoms with Crippen LogP contribution < -0.4 is 0 Å². The van der Waals surface area contributed by atoms with Gasteiger partial charge < -0.3 is 10.0 Å². The number of aryl methyl sites for hydroxylation is 1. The van der Waals surface area contributed by atoms with E-state index in [-0.39, 0.29) is 22.6 Å². The smallest absolute Gasteiger partial charge is 0.258 e.